The first-order valence-corrected chi connectivity index (χ1v) is 6.99. The lowest BCUT2D eigenvalue weighted by Gasteiger charge is -2.21. The Hall–Kier alpha value is -2.60. The van der Waals surface area contributed by atoms with E-state index in [0.717, 1.165) is 6.29 Å². The number of ether oxygens (including phenoxy) is 4. The Labute approximate surface area is 132 Å². The van der Waals surface area contributed by atoms with Crippen molar-refractivity contribution < 1.29 is 28.1 Å². The van der Waals surface area contributed by atoms with Gasteiger partial charge in [-0.3, -0.25) is 4.79 Å². The maximum atomic E-state index is 13.7. The van der Waals surface area contributed by atoms with E-state index in [-0.39, 0.29) is 19.2 Å². The second-order valence-electron chi connectivity index (χ2n) is 4.98. The number of aldehydes is 1. The molecule has 0 saturated carbocycles. The molecule has 0 radical (unpaired) electrons. The van der Waals surface area contributed by atoms with Crippen LogP contribution in [0, 0.1) is 5.82 Å². The summed E-state index contributed by atoms with van der Waals surface area (Å²) in [5, 5.41) is 0. The molecule has 0 aliphatic carbocycles. The molecule has 1 aliphatic heterocycles. The lowest BCUT2D eigenvalue weighted by atomic mass is 10.1. The molecule has 1 aliphatic rings. The van der Waals surface area contributed by atoms with E-state index in [0.29, 0.717) is 40.5 Å². The minimum absolute atomic E-state index is 0.108. The molecule has 1 heterocycles. The zero-order chi connectivity index (χ0) is 16.2. The van der Waals surface area contributed by atoms with E-state index >= 15 is 0 Å². The number of benzene rings is 2. The lowest BCUT2D eigenvalue weighted by molar-refractivity contribution is -0.0178. The Morgan fingerprint density at radius 2 is 2.13 bits per heavy atom. The average Bonchev–Trinajstić information content (AvgIpc) is 2.59. The number of methoxy groups -OCH3 is 1. The van der Waals surface area contributed by atoms with Crippen LogP contribution in [0.3, 0.4) is 0 Å². The summed E-state index contributed by atoms with van der Waals surface area (Å²) in [7, 11) is 1.49. The van der Waals surface area contributed by atoms with E-state index in [9.17, 15) is 9.18 Å². The second-order valence-corrected chi connectivity index (χ2v) is 4.98. The maximum absolute atomic E-state index is 13.7. The molecule has 0 atom stereocenters. The van der Waals surface area contributed by atoms with Gasteiger partial charge in [0.15, 0.2) is 18.3 Å². The number of hydrogen-bond donors (Lipinski definition) is 0. The van der Waals surface area contributed by atoms with Gasteiger partial charge in [0.25, 0.3) is 0 Å². The third-order valence-electron chi connectivity index (χ3n) is 3.46. The van der Waals surface area contributed by atoms with Crippen LogP contribution in [0.15, 0.2) is 30.3 Å². The Bertz CT molecular complexity index is 729. The number of carbonyl (C=O) groups is 1. The average molecular weight is 318 g/mol. The number of rotatable bonds is 5. The standard InChI is InChI=1S/C17H15FO5/c1-20-16-4-11(7-19)2-3-15(16)22-9-13-6-14(18)5-12-8-21-10-23-17(12)13/h2-7H,8-10H2,1H3. The molecule has 0 spiro atoms. The van der Waals surface area contributed by atoms with Gasteiger partial charge in [0, 0.05) is 16.7 Å². The minimum atomic E-state index is -0.375. The summed E-state index contributed by atoms with van der Waals surface area (Å²) >= 11 is 0. The number of hydrogen-bond acceptors (Lipinski definition) is 5. The van der Waals surface area contributed by atoms with Crippen LogP contribution >= 0.6 is 0 Å². The monoisotopic (exact) mass is 318 g/mol. The summed E-state index contributed by atoms with van der Waals surface area (Å²) in [6.45, 7) is 0.539. The molecule has 6 heteroatoms. The number of fused-ring (bicyclic) bond motifs is 1. The van der Waals surface area contributed by atoms with Gasteiger partial charge in [-0.2, -0.15) is 0 Å². The highest BCUT2D eigenvalue weighted by Crippen LogP contribution is 2.32. The fourth-order valence-corrected chi connectivity index (χ4v) is 2.40. The Morgan fingerprint density at radius 1 is 1.26 bits per heavy atom. The van der Waals surface area contributed by atoms with Gasteiger partial charge in [0.05, 0.1) is 13.7 Å². The van der Waals surface area contributed by atoms with Crippen molar-refractivity contribution in [1.29, 1.82) is 0 Å². The van der Waals surface area contributed by atoms with Crippen LogP contribution in [0.25, 0.3) is 0 Å². The van der Waals surface area contributed by atoms with Gasteiger partial charge in [-0.15, -0.1) is 0 Å². The molecule has 3 rings (SSSR count). The molecule has 0 aromatic heterocycles. The second kappa shape index (κ2) is 6.66. The van der Waals surface area contributed by atoms with Gasteiger partial charge in [0.2, 0.25) is 0 Å². The van der Waals surface area contributed by atoms with Gasteiger partial charge in [-0.1, -0.05) is 0 Å². The molecular formula is C17H15FO5. The van der Waals surface area contributed by atoms with Crippen molar-refractivity contribution in [2.45, 2.75) is 13.2 Å². The third kappa shape index (κ3) is 3.27. The number of carbonyl (C=O) groups excluding carboxylic acids is 1. The quantitative estimate of drug-likeness (QED) is 0.793. The predicted molar refractivity (Wildman–Crippen MR) is 79.4 cm³/mol. The van der Waals surface area contributed by atoms with Crippen molar-refractivity contribution in [3.8, 4) is 17.2 Å². The third-order valence-corrected chi connectivity index (χ3v) is 3.46. The first kappa shape index (κ1) is 15.3. The van der Waals surface area contributed by atoms with Gasteiger partial charge in [-0.25, -0.2) is 4.39 Å². The number of halogens is 1. The molecule has 23 heavy (non-hydrogen) atoms. The Morgan fingerprint density at radius 3 is 2.91 bits per heavy atom. The molecule has 0 N–H and O–H groups in total. The summed E-state index contributed by atoms with van der Waals surface area (Å²) in [6.07, 6.45) is 0.725. The first-order chi connectivity index (χ1) is 11.2. The molecule has 0 saturated heterocycles. The molecule has 2 aromatic rings. The molecule has 0 fully saturated rings. The zero-order valence-corrected chi connectivity index (χ0v) is 12.5. The molecule has 120 valence electrons. The van der Waals surface area contributed by atoms with Crippen molar-refractivity contribution in [3.63, 3.8) is 0 Å². The van der Waals surface area contributed by atoms with Crippen LogP contribution in [0.5, 0.6) is 17.2 Å². The van der Waals surface area contributed by atoms with Crippen molar-refractivity contribution >= 4 is 6.29 Å². The molecule has 0 unspecified atom stereocenters. The van der Waals surface area contributed by atoms with Crippen molar-refractivity contribution in [2.75, 3.05) is 13.9 Å². The SMILES string of the molecule is COc1cc(C=O)ccc1OCc1cc(F)cc2c1OCOC2. The van der Waals surface area contributed by atoms with Crippen molar-refractivity contribution in [3.05, 3.63) is 52.8 Å². The fourth-order valence-electron chi connectivity index (χ4n) is 2.40. The lowest BCUT2D eigenvalue weighted by Crippen LogP contribution is -2.14. The van der Waals surface area contributed by atoms with E-state index in [1.807, 2.05) is 0 Å². The van der Waals surface area contributed by atoms with Crippen LogP contribution < -0.4 is 14.2 Å². The van der Waals surface area contributed by atoms with Gasteiger partial charge in [0.1, 0.15) is 24.5 Å². The van der Waals surface area contributed by atoms with E-state index in [1.54, 1.807) is 18.2 Å². The van der Waals surface area contributed by atoms with Gasteiger partial charge < -0.3 is 18.9 Å². The molecule has 5 nitrogen and oxygen atoms in total. The van der Waals surface area contributed by atoms with Crippen LogP contribution in [0.1, 0.15) is 21.5 Å². The van der Waals surface area contributed by atoms with E-state index in [4.69, 9.17) is 18.9 Å². The molecule has 0 amide bonds. The summed E-state index contributed by atoms with van der Waals surface area (Å²) in [5.74, 6) is 1.10. The molecule has 0 bridgehead atoms. The van der Waals surface area contributed by atoms with E-state index in [1.165, 1.54) is 19.2 Å². The normalized spacial score (nSPS) is 13.0. The highest BCUT2D eigenvalue weighted by Gasteiger charge is 2.18. The minimum Gasteiger partial charge on any atom is -0.493 e. The fraction of sp³-hybridized carbons (Fsp3) is 0.235. The summed E-state index contributed by atoms with van der Waals surface area (Å²) in [5.41, 5.74) is 1.72. The summed E-state index contributed by atoms with van der Waals surface area (Å²) in [6, 6.07) is 7.59. The van der Waals surface area contributed by atoms with Crippen LogP contribution in [-0.2, 0) is 18.0 Å². The van der Waals surface area contributed by atoms with Gasteiger partial charge in [-0.05, 0) is 30.3 Å². The summed E-state index contributed by atoms with van der Waals surface area (Å²) in [4.78, 5) is 10.8. The van der Waals surface area contributed by atoms with E-state index in [2.05, 4.69) is 0 Å². The van der Waals surface area contributed by atoms with Crippen LogP contribution in [0.2, 0.25) is 0 Å². The first-order valence-electron chi connectivity index (χ1n) is 6.99. The highest BCUT2D eigenvalue weighted by molar-refractivity contribution is 5.76. The predicted octanol–water partition coefficient (Wildman–Crippen LogP) is 3.09. The Balaban J connectivity index is 1.84. The van der Waals surface area contributed by atoms with Crippen molar-refractivity contribution in [1.82, 2.24) is 0 Å². The molecule has 2 aromatic carbocycles. The van der Waals surface area contributed by atoms with E-state index < -0.39 is 0 Å². The molecular weight excluding hydrogens is 303 g/mol. The zero-order valence-electron chi connectivity index (χ0n) is 12.5. The maximum Gasteiger partial charge on any atom is 0.189 e. The van der Waals surface area contributed by atoms with Crippen LogP contribution in [0.4, 0.5) is 4.39 Å². The van der Waals surface area contributed by atoms with Crippen molar-refractivity contribution in [2.24, 2.45) is 0 Å². The summed E-state index contributed by atoms with van der Waals surface area (Å²) < 4.78 is 35.2. The Kier molecular flexibility index (Phi) is 4.43. The van der Waals surface area contributed by atoms with Gasteiger partial charge >= 0.3 is 0 Å². The largest absolute Gasteiger partial charge is 0.493 e. The smallest absolute Gasteiger partial charge is 0.189 e. The van der Waals surface area contributed by atoms with Crippen LogP contribution in [-0.4, -0.2) is 20.2 Å². The topological polar surface area (TPSA) is 54.0 Å². The highest BCUT2D eigenvalue weighted by atomic mass is 19.1.